The van der Waals surface area contributed by atoms with Crippen molar-refractivity contribution >= 4 is 17.5 Å². The number of hydrogen-bond donors (Lipinski definition) is 2. The smallest absolute Gasteiger partial charge is 0.253 e. The van der Waals surface area contributed by atoms with Crippen molar-refractivity contribution in [2.75, 3.05) is 18.8 Å². The Bertz CT molecular complexity index is 505. The molecule has 0 unspecified atom stereocenters. The van der Waals surface area contributed by atoms with E-state index in [1.165, 1.54) is 0 Å². The highest BCUT2D eigenvalue weighted by molar-refractivity contribution is 5.95. The zero-order valence-electron chi connectivity index (χ0n) is 11.1. The van der Waals surface area contributed by atoms with Crippen LogP contribution in [0.25, 0.3) is 0 Å². The first kappa shape index (κ1) is 13.4. The lowest BCUT2D eigenvalue weighted by Gasteiger charge is -2.30. The lowest BCUT2D eigenvalue weighted by molar-refractivity contribution is -0.123. The molecule has 19 heavy (non-hydrogen) atoms. The molecule has 1 heterocycles. The number of nitrogens with zero attached hydrogens (tertiary/aromatic N) is 1. The van der Waals surface area contributed by atoms with Crippen molar-refractivity contribution in [3.8, 4) is 0 Å². The topological polar surface area (TPSA) is 89.4 Å². The minimum atomic E-state index is -0.268. The molecule has 0 aromatic heterocycles. The summed E-state index contributed by atoms with van der Waals surface area (Å²) in [5.41, 5.74) is 13.3. The van der Waals surface area contributed by atoms with E-state index in [4.69, 9.17) is 11.5 Å². The standard InChI is InChI=1S/C14H19N3O2/c1-9-8-11(2-3-12(9)15)14(19)17-6-4-10(5-7-17)13(16)18/h2-3,8,10H,4-7,15H2,1H3,(H2,16,18). The largest absolute Gasteiger partial charge is 0.399 e. The van der Waals surface area contributed by atoms with Crippen molar-refractivity contribution in [2.45, 2.75) is 19.8 Å². The van der Waals surface area contributed by atoms with Crippen LogP contribution in [-0.2, 0) is 4.79 Å². The van der Waals surface area contributed by atoms with Gasteiger partial charge in [0.05, 0.1) is 0 Å². The average molecular weight is 261 g/mol. The molecular formula is C14H19N3O2. The van der Waals surface area contributed by atoms with Gasteiger partial charge >= 0.3 is 0 Å². The summed E-state index contributed by atoms with van der Waals surface area (Å²) in [4.78, 5) is 25.2. The van der Waals surface area contributed by atoms with Crippen molar-refractivity contribution in [2.24, 2.45) is 11.7 Å². The molecule has 0 bridgehead atoms. The molecular weight excluding hydrogens is 242 g/mol. The molecule has 0 atom stereocenters. The van der Waals surface area contributed by atoms with E-state index >= 15 is 0 Å². The van der Waals surface area contributed by atoms with E-state index < -0.39 is 0 Å². The van der Waals surface area contributed by atoms with Crippen molar-refractivity contribution in [3.05, 3.63) is 29.3 Å². The second-order valence-electron chi connectivity index (χ2n) is 5.04. The number of anilines is 1. The van der Waals surface area contributed by atoms with Gasteiger partial charge in [-0.15, -0.1) is 0 Å². The van der Waals surface area contributed by atoms with E-state index in [-0.39, 0.29) is 17.7 Å². The average Bonchev–Trinajstić information content (AvgIpc) is 2.41. The number of likely N-dealkylation sites (tertiary alicyclic amines) is 1. The Hall–Kier alpha value is -2.04. The predicted molar refractivity (Wildman–Crippen MR) is 73.4 cm³/mol. The Morgan fingerprint density at radius 3 is 2.42 bits per heavy atom. The number of nitrogen functional groups attached to an aromatic ring is 1. The van der Waals surface area contributed by atoms with Gasteiger partial charge in [-0.25, -0.2) is 0 Å². The fourth-order valence-electron chi connectivity index (χ4n) is 2.36. The van der Waals surface area contributed by atoms with Crippen molar-refractivity contribution in [1.82, 2.24) is 4.90 Å². The van der Waals surface area contributed by atoms with Crippen LogP contribution < -0.4 is 11.5 Å². The third kappa shape index (κ3) is 2.86. The molecule has 1 fully saturated rings. The second-order valence-corrected chi connectivity index (χ2v) is 5.04. The van der Waals surface area contributed by atoms with Crippen LogP contribution in [0.2, 0.25) is 0 Å². The van der Waals surface area contributed by atoms with E-state index in [1.807, 2.05) is 6.92 Å². The number of primary amides is 1. The molecule has 1 aromatic rings. The molecule has 1 aliphatic rings. The summed E-state index contributed by atoms with van der Waals surface area (Å²) < 4.78 is 0. The number of rotatable bonds is 2. The van der Waals surface area contributed by atoms with Gasteiger partial charge in [-0.05, 0) is 43.5 Å². The number of piperidine rings is 1. The number of amides is 2. The lowest BCUT2D eigenvalue weighted by atomic mass is 9.95. The first-order chi connectivity index (χ1) is 8.99. The van der Waals surface area contributed by atoms with Crippen LogP contribution in [-0.4, -0.2) is 29.8 Å². The fraction of sp³-hybridized carbons (Fsp3) is 0.429. The van der Waals surface area contributed by atoms with Crippen LogP contribution in [0, 0.1) is 12.8 Å². The Labute approximate surface area is 112 Å². The van der Waals surface area contributed by atoms with E-state index in [9.17, 15) is 9.59 Å². The third-order valence-corrected chi connectivity index (χ3v) is 3.70. The van der Waals surface area contributed by atoms with Crippen LogP contribution in [0.5, 0.6) is 0 Å². The van der Waals surface area contributed by atoms with Gasteiger partial charge in [-0.1, -0.05) is 0 Å². The van der Waals surface area contributed by atoms with Crippen molar-refractivity contribution in [3.63, 3.8) is 0 Å². The molecule has 4 N–H and O–H groups in total. The number of carbonyl (C=O) groups excluding carboxylic acids is 2. The van der Waals surface area contributed by atoms with Crippen LogP contribution in [0.3, 0.4) is 0 Å². The van der Waals surface area contributed by atoms with Crippen LogP contribution >= 0.6 is 0 Å². The maximum Gasteiger partial charge on any atom is 0.253 e. The molecule has 5 heteroatoms. The molecule has 0 saturated carbocycles. The third-order valence-electron chi connectivity index (χ3n) is 3.70. The molecule has 0 aliphatic carbocycles. The van der Waals surface area contributed by atoms with Gasteiger partial charge in [-0.2, -0.15) is 0 Å². The zero-order chi connectivity index (χ0) is 14.0. The molecule has 0 radical (unpaired) electrons. The lowest BCUT2D eigenvalue weighted by Crippen LogP contribution is -2.41. The molecule has 102 valence electrons. The number of nitrogens with two attached hydrogens (primary N) is 2. The fourth-order valence-corrected chi connectivity index (χ4v) is 2.36. The summed E-state index contributed by atoms with van der Waals surface area (Å²) in [6.45, 7) is 3.04. The van der Waals surface area contributed by atoms with Crippen LogP contribution in [0.15, 0.2) is 18.2 Å². The summed E-state index contributed by atoms with van der Waals surface area (Å²) in [6.07, 6.45) is 1.30. The number of carbonyl (C=O) groups is 2. The van der Waals surface area contributed by atoms with Gasteiger partial charge in [0.15, 0.2) is 0 Å². The van der Waals surface area contributed by atoms with Crippen LogP contribution in [0.4, 0.5) is 5.69 Å². The normalized spacial score (nSPS) is 16.4. The SMILES string of the molecule is Cc1cc(C(=O)N2CCC(C(N)=O)CC2)ccc1N. The summed E-state index contributed by atoms with van der Waals surface area (Å²) in [5.74, 6) is -0.376. The Kier molecular flexibility index (Phi) is 3.74. The minimum absolute atomic E-state index is 0.00831. The molecule has 0 spiro atoms. The highest BCUT2D eigenvalue weighted by Crippen LogP contribution is 2.20. The minimum Gasteiger partial charge on any atom is -0.399 e. The Morgan fingerprint density at radius 1 is 1.26 bits per heavy atom. The highest BCUT2D eigenvalue weighted by Gasteiger charge is 2.26. The Balaban J connectivity index is 2.05. The van der Waals surface area contributed by atoms with E-state index in [0.29, 0.717) is 37.2 Å². The van der Waals surface area contributed by atoms with Crippen molar-refractivity contribution < 1.29 is 9.59 Å². The quantitative estimate of drug-likeness (QED) is 0.775. The molecule has 2 amide bonds. The predicted octanol–water partition coefficient (Wildman–Crippen LogP) is 0.915. The molecule has 1 aromatic carbocycles. The summed E-state index contributed by atoms with van der Waals surface area (Å²) in [7, 11) is 0. The van der Waals surface area contributed by atoms with E-state index in [2.05, 4.69) is 0 Å². The highest BCUT2D eigenvalue weighted by atomic mass is 16.2. The Morgan fingerprint density at radius 2 is 1.89 bits per heavy atom. The van der Waals surface area contributed by atoms with Gasteiger partial charge in [0, 0.05) is 30.3 Å². The van der Waals surface area contributed by atoms with Gasteiger partial charge in [0.1, 0.15) is 0 Å². The molecule has 5 nitrogen and oxygen atoms in total. The maximum absolute atomic E-state index is 12.3. The monoisotopic (exact) mass is 261 g/mol. The second kappa shape index (κ2) is 5.30. The number of hydrogen-bond acceptors (Lipinski definition) is 3. The van der Waals surface area contributed by atoms with E-state index in [1.54, 1.807) is 23.1 Å². The number of aryl methyl sites for hydroxylation is 1. The van der Waals surface area contributed by atoms with Gasteiger partial charge in [-0.3, -0.25) is 9.59 Å². The van der Waals surface area contributed by atoms with Gasteiger partial charge in [0.2, 0.25) is 5.91 Å². The summed E-state index contributed by atoms with van der Waals surface area (Å²) in [6, 6.07) is 5.29. The van der Waals surface area contributed by atoms with Crippen molar-refractivity contribution in [1.29, 1.82) is 0 Å². The van der Waals surface area contributed by atoms with Gasteiger partial charge in [0.25, 0.3) is 5.91 Å². The van der Waals surface area contributed by atoms with Crippen LogP contribution in [0.1, 0.15) is 28.8 Å². The number of benzene rings is 1. The van der Waals surface area contributed by atoms with E-state index in [0.717, 1.165) is 5.56 Å². The first-order valence-corrected chi connectivity index (χ1v) is 6.43. The first-order valence-electron chi connectivity index (χ1n) is 6.43. The molecule has 1 saturated heterocycles. The summed E-state index contributed by atoms with van der Waals surface area (Å²) >= 11 is 0. The van der Waals surface area contributed by atoms with Gasteiger partial charge < -0.3 is 16.4 Å². The molecule has 2 rings (SSSR count). The maximum atomic E-state index is 12.3. The summed E-state index contributed by atoms with van der Waals surface area (Å²) in [5, 5.41) is 0. The molecule has 1 aliphatic heterocycles. The zero-order valence-corrected chi connectivity index (χ0v) is 11.1.